The van der Waals surface area contributed by atoms with Gasteiger partial charge in [-0.3, -0.25) is 4.90 Å². The molecule has 4 heteroatoms. The molecule has 118 valence electrons. The van der Waals surface area contributed by atoms with E-state index < -0.39 is 5.97 Å². The van der Waals surface area contributed by atoms with Crippen molar-refractivity contribution in [2.75, 3.05) is 13.1 Å². The fourth-order valence-electron chi connectivity index (χ4n) is 3.53. The van der Waals surface area contributed by atoms with Crippen LogP contribution in [0.3, 0.4) is 0 Å². The number of carboxylic acids is 1. The van der Waals surface area contributed by atoms with Crippen LogP contribution in [0.5, 0.6) is 0 Å². The van der Waals surface area contributed by atoms with Crippen LogP contribution in [0.4, 0.5) is 0 Å². The standard InChI is InChI=1S/C18H24N2O2/c1-2-20-13-14(12-19-10-5-3-4-6-11-19)17-15(18(21)22)8-7-9-16(17)20/h7-9,13H,2-6,10-12H2,1H3,(H,21,22). The second kappa shape index (κ2) is 6.53. The third-order valence-corrected chi connectivity index (χ3v) is 4.65. The second-order valence-corrected chi connectivity index (χ2v) is 6.14. The van der Waals surface area contributed by atoms with E-state index in [1.54, 1.807) is 6.07 Å². The molecule has 2 heterocycles. The highest BCUT2D eigenvalue weighted by Gasteiger charge is 2.18. The van der Waals surface area contributed by atoms with Crippen LogP contribution < -0.4 is 0 Å². The Morgan fingerprint density at radius 2 is 1.91 bits per heavy atom. The molecule has 3 rings (SSSR count). The van der Waals surface area contributed by atoms with E-state index in [1.165, 1.54) is 25.7 Å². The Bertz CT molecular complexity index is 667. The van der Waals surface area contributed by atoms with Crippen molar-refractivity contribution in [2.45, 2.75) is 45.7 Å². The first kappa shape index (κ1) is 15.1. The minimum Gasteiger partial charge on any atom is -0.478 e. The maximum atomic E-state index is 11.6. The van der Waals surface area contributed by atoms with Crippen molar-refractivity contribution in [3.05, 3.63) is 35.5 Å². The maximum absolute atomic E-state index is 11.6. The number of fused-ring (bicyclic) bond motifs is 1. The van der Waals surface area contributed by atoms with Gasteiger partial charge in [-0.15, -0.1) is 0 Å². The van der Waals surface area contributed by atoms with E-state index in [9.17, 15) is 9.90 Å². The van der Waals surface area contributed by atoms with Crippen LogP contribution in [-0.4, -0.2) is 33.6 Å². The molecule has 0 spiro atoms. The fraction of sp³-hybridized carbons (Fsp3) is 0.500. The van der Waals surface area contributed by atoms with Crippen LogP contribution in [-0.2, 0) is 13.1 Å². The Hall–Kier alpha value is -1.81. The third-order valence-electron chi connectivity index (χ3n) is 4.65. The van der Waals surface area contributed by atoms with E-state index in [0.717, 1.165) is 42.6 Å². The van der Waals surface area contributed by atoms with E-state index in [1.807, 2.05) is 12.1 Å². The van der Waals surface area contributed by atoms with Crippen molar-refractivity contribution in [3.63, 3.8) is 0 Å². The molecule has 0 radical (unpaired) electrons. The van der Waals surface area contributed by atoms with Gasteiger partial charge in [0.05, 0.1) is 5.56 Å². The molecular formula is C18H24N2O2. The van der Waals surface area contributed by atoms with Crippen LogP contribution in [0.15, 0.2) is 24.4 Å². The molecule has 0 amide bonds. The summed E-state index contributed by atoms with van der Waals surface area (Å²) in [6, 6.07) is 5.58. The Kier molecular flexibility index (Phi) is 4.48. The van der Waals surface area contributed by atoms with Gasteiger partial charge in [-0.1, -0.05) is 18.9 Å². The minimum atomic E-state index is -0.837. The van der Waals surface area contributed by atoms with Gasteiger partial charge in [-0.2, -0.15) is 0 Å². The third kappa shape index (κ3) is 2.88. The molecule has 0 saturated carbocycles. The van der Waals surface area contributed by atoms with Gasteiger partial charge in [0.15, 0.2) is 0 Å². The van der Waals surface area contributed by atoms with E-state index >= 15 is 0 Å². The minimum absolute atomic E-state index is 0.425. The van der Waals surface area contributed by atoms with E-state index in [-0.39, 0.29) is 0 Å². The summed E-state index contributed by atoms with van der Waals surface area (Å²) in [6.45, 7) is 6.05. The van der Waals surface area contributed by atoms with Crippen molar-refractivity contribution in [1.29, 1.82) is 0 Å². The van der Waals surface area contributed by atoms with Crippen molar-refractivity contribution in [3.8, 4) is 0 Å². The lowest BCUT2D eigenvalue weighted by Gasteiger charge is -2.19. The predicted octanol–water partition coefficient (Wildman–Crippen LogP) is 3.74. The Balaban J connectivity index is 2.02. The highest BCUT2D eigenvalue weighted by Crippen LogP contribution is 2.27. The van der Waals surface area contributed by atoms with E-state index in [2.05, 4.69) is 22.6 Å². The zero-order chi connectivity index (χ0) is 15.5. The van der Waals surface area contributed by atoms with Gasteiger partial charge < -0.3 is 9.67 Å². The second-order valence-electron chi connectivity index (χ2n) is 6.14. The number of hydrogen-bond acceptors (Lipinski definition) is 2. The van der Waals surface area contributed by atoms with Crippen LogP contribution in [0.1, 0.15) is 48.5 Å². The fourth-order valence-corrected chi connectivity index (χ4v) is 3.53. The number of hydrogen-bond donors (Lipinski definition) is 1. The molecule has 1 fully saturated rings. The number of aromatic nitrogens is 1. The average molecular weight is 300 g/mol. The Morgan fingerprint density at radius 1 is 1.18 bits per heavy atom. The molecular weight excluding hydrogens is 276 g/mol. The highest BCUT2D eigenvalue weighted by molar-refractivity contribution is 6.04. The molecule has 0 bridgehead atoms. The molecule has 1 aliphatic rings. The quantitative estimate of drug-likeness (QED) is 0.935. The summed E-state index contributed by atoms with van der Waals surface area (Å²) in [5, 5.41) is 10.4. The monoisotopic (exact) mass is 300 g/mol. The summed E-state index contributed by atoms with van der Waals surface area (Å²) in [5.41, 5.74) is 2.61. The van der Waals surface area contributed by atoms with E-state index in [4.69, 9.17) is 0 Å². The lowest BCUT2D eigenvalue weighted by Crippen LogP contribution is -2.24. The van der Waals surface area contributed by atoms with Gasteiger partial charge in [0.25, 0.3) is 0 Å². The van der Waals surface area contributed by atoms with Crippen molar-refractivity contribution in [2.24, 2.45) is 0 Å². The molecule has 0 unspecified atom stereocenters. The molecule has 1 aromatic heterocycles. The number of benzene rings is 1. The zero-order valence-electron chi connectivity index (χ0n) is 13.2. The van der Waals surface area contributed by atoms with E-state index in [0.29, 0.717) is 5.56 Å². The van der Waals surface area contributed by atoms with Crippen molar-refractivity contribution in [1.82, 2.24) is 9.47 Å². The SMILES string of the molecule is CCn1cc(CN2CCCCCC2)c2c(C(=O)O)cccc21. The maximum Gasteiger partial charge on any atom is 0.336 e. The molecule has 2 aromatic rings. The summed E-state index contributed by atoms with van der Waals surface area (Å²) in [5.74, 6) is -0.837. The normalized spacial score (nSPS) is 16.8. The highest BCUT2D eigenvalue weighted by atomic mass is 16.4. The summed E-state index contributed by atoms with van der Waals surface area (Å²) >= 11 is 0. The number of rotatable bonds is 4. The van der Waals surface area contributed by atoms with Crippen LogP contribution in [0.25, 0.3) is 10.9 Å². The lowest BCUT2D eigenvalue weighted by molar-refractivity contribution is 0.0699. The molecule has 1 aromatic carbocycles. The molecule has 4 nitrogen and oxygen atoms in total. The predicted molar refractivity (Wildman–Crippen MR) is 88.3 cm³/mol. The van der Waals surface area contributed by atoms with Gasteiger partial charge in [-0.25, -0.2) is 4.79 Å². The summed E-state index contributed by atoms with van der Waals surface area (Å²) in [4.78, 5) is 14.1. The van der Waals surface area contributed by atoms with Gasteiger partial charge in [-0.05, 0) is 50.6 Å². The number of carboxylic acid groups (broad SMARTS) is 1. The summed E-state index contributed by atoms with van der Waals surface area (Å²) in [6.07, 6.45) is 7.26. The molecule has 1 aliphatic heterocycles. The summed E-state index contributed by atoms with van der Waals surface area (Å²) in [7, 11) is 0. The van der Waals surface area contributed by atoms with Crippen molar-refractivity contribution < 1.29 is 9.90 Å². The molecule has 0 aliphatic carbocycles. The zero-order valence-corrected chi connectivity index (χ0v) is 13.2. The molecule has 1 N–H and O–H groups in total. The molecule has 22 heavy (non-hydrogen) atoms. The van der Waals surface area contributed by atoms with Gasteiger partial charge in [0.1, 0.15) is 0 Å². The van der Waals surface area contributed by atoms with Crippen molar-refractivity contribution >= 4 is 16.9 Å². The topological polar surface area (TPSA) is 45.5 Å². The van der Waals surface area contributed by atoms with Gasteiger partial charge in [0, 0.05) is 30.2 Å². The van der Waals surface area contributed by atoms with Gasteiger partial charge >= 0.3 is 5.97 Å². The number of nitrogens with zero attached hydrogens (tertiary/aromatic N) is 2. The first-order valence-corrected chi connectivity index (χ1v) is 8.27. The Morgan fingerprint density at radius 3 is 2.55 bits per heavy atom. The Labute approximate surface area is 131 Å². The lowest BCUT2D eigenvalue weighted by atomic mass is 10.1. The number of aromatic carboxylic acids is 1. The number of likely N-dealkylation sites (tertiary alicyclic amines) is 1. The number of carbonyl (C=O) groups is 1. The molecule has 0 atom stereocenters. The van der Waals surface area contributed by atoms with Gasteiger partial charge in [0.2, 0.25) is 0 Å². The van der Waals surface area contributed by atoms with Crippen LogP contribution in [0, 0.1) is 0 Å². The molecule has 1 saturated heterocycles. The summed E-state index contributed by atoms with van der Waals surface area (Å²) < 4.78 is 2.16. The van der Waals surface area contributed by atoms with Crippen LogP contribution >= 0.6 is 0 Å². The first-order chi connectivity index (χ1) is 10.7. The number of aryl methyl sites for hydroxylation is 1. The first-order valence-electron chi connectivity index (χ1n) is 8.27. The largest absolute Gasteiger partial charge is 0.478 e. The van der Waals surface area contributed by atoms with Crippen LogP contribution in [0.2, 0.25) is 0 Å². The average Bonchev–Trinajstić information content (AvgIpc) is 2.69. The smallest absolute Gasteiger partial charge is 0.336 e.